The SMILES string of the molecule is CC1(CNCc2ccc(F)c(C#N)c2)CC1. The highest BCUT2D eigenvalue weighted by Crippen LogP contribution is 2.44. The highest BCUT2D eigenvalue weighted by atomic mass is 19.1. The van der Waals surface area contributed by atoms with Crippen LogP contribution in [0.3, 0.4) is 0 Å². The average molecular weight is 218 g/mol. The van der Waals surface area contributed by atoms with Gasteiger partial charge >= 0.3 is 0 Å². The van der Waals surface area contributed by atoms with Crippen molar-refractivity contribution in [1.82, 2.24) is 5.32 Å². The van der Waals surface area contributed by atoms with E-state index in [1.807, 2.05) is 6.07 Å². The molecule has 1 aromatic carbocycles. The van der Waals surface area contributed by atoms with Crippen molar-refractivity contribution in [2.45, 2.75) is 26.3 Å². The van der Waals surface area contributed by atoms with Gasteiger partial charge in [-0.1, -0.05) is 13.0 Å². The van der Waals surface area contributed by atoms with Crippen molar-refractivity contribution in [3.63, 3.8) is 0 Å². The molecule has 0 amide bonds. The lowest BCUT2D eigenvalue weighted by Crippen LogP contribution is -2.21. The van der Waals surface area contributed by atoms with E-state index in [0.717, 1.165) is 12.1 Å². The van der Waals surface area contributed by atoms with Gasteiger partial charge in [-0.15, -0.1) is 0 Å². The third-order valence-corrected chi connectivity index (χ3v) is 3.14. The molecule has 2 rings (SSSR count). The average Bonchev–Trinajstić information content (AvgIpc) is 2.99. The highest BCUT2D eigenvalue weighted by Gasteiger charge is 2.36. The van der Waals surface area contributed by atoms with E-state index in [-0.39, 0.29) is 5.56 Å². The van der Waals surface area contributed by atoms with E-state index in [0.29, 0.717) is 12.0 Å². The van der Waals surface area contributed by atoms with Crippen LogP contribution in [0.4, 0.5) is 4.39 Å². The zero-order valence-corrected chi connectivity index (χ0v) is 9.39. The first-order chi connectivity index (χ1) is 7.63. The quantitative estimate of drug-likeness (QED) is 0.843. The van der Waals surface area contributed by atoms with Gasteiger partial charge in [-0.05, 0) is 36.0 Å². The zero-order valence-electron chi connectivity index (χ0n) is 9.39. The van der Waals surface area contributed by atoms with Crippen molar-refractivity contribution in [3.05, 3.63) is 35.1 Å². The van der Waals surface area contributed by atoms with Gasteiger partial charge in [-0.2, -0.15) is 5.26 Å². The molecular weight excluding hydrogens is 203 g/mol. The van der Waals surface area contributed by atoms with E-state index in [1.165, 1.54) is 18.9 Å². The Bertz CT molecular complexity index is 430. The van der Waals surface area contributed by atoms with Crippen molar-refractivity contribution < 1.29 is 4.39 Å². The highest BCUT2D eigenvalue weighted by molar-refractivity contribution is 5.34. The molecule has 0 saturated heterocycles. The standard InChI is InChI=1S/C13H15FN2/c1-13(4-5-13)9-16-8-10-2-3-12(14)11(6-10)7-15/h2-3,6,16H,4-5,8-9H2,1H3. The summed E-state index contributed by atoms with van der Waals surface area (Å²) in [6, 6.07) is 6.54. The predicted octanol–water partition coefficient (Wildman–Crippen LogP) is 2.59. The molecule has 0 heterocycles. The van der Waals surface area contributed by atoms with E-state index in [1.54, 1.807) is 12.1 Å². The van der Waals surface area contributed by atoms with Gasteiger partial charge in [0, 0.05) is 13.1 Å². The van der Waals surface area contributed by atoms with Crippen LogP contribution < -0.4 is 5.32 Å². The topological polar surface area (TPSA) is 35.8 Å². The molecule has 1 aliphatic rings. The van der Waals surface area contributed by atoms with Crippen LogP contribution in [-0.2, 0) is 6.54 Å². The van der Waals surface area contributed by atoms with Crippen LogP contribution >= 0.6 is 0 Å². The van der Waals surface area contributed by atoms with Crippen LogP contribution in [0.15, 0.2) is 18.2 Å². The van der Waals surface area contributed by atoms with Crippen molar-refractivity contribution >= 4 is 0 Å². The fourth-order valence-electron chi connectivity index (χ4n) is 1.67. The lowest BCUT2D eigenvalue weighted by atomic mass is 10.1. The third kappa shape index (κ3) is 2.59. The van der Waals surface area contributed by atoms with Gasteiger partial charge in [0.2, 0.25) is 0 Å². The number of halogens is 1. The molecule has 1 fully saturated rings. The molecule has 1 aliphatic carbocycles. The second-order valence-corrected chi connectivity index (χ2v) is 4.84. The maximum Gasteiger partial charge on any atom is 0.140 e. The van der Waals surface area contributed by atoms with E-state index >= 15 is 0 Å². The fourth-order valence-corrected chi connectivity index (χ4v) is 1.67. The molecule has 84 valence electrons. The Balaban J connectivity index is 1.92. The first-order valence-corrected chi connectivity index (χ1v) is 5.52. The lowest BCUT2D eigenvalue weighted by Gasteiger charge is -2.10. The van der Waals surface area contributed by atoms with Gasteiger partial charge in [-0.25, -0.2) is 4.39 Å². The summed E-state index contributed by atoms with van der Waals surface area (Å²) < 4.78 is 13.0. The van der Waals surface area contributed by atoms with Crippen LogP contribution in [0.5, 0.6) is 0 Å². The molecule has 16 heavy (non-hydrogen) atoms. The van der Waals surface area contributed by atoms with Gasteiger partial charge < -0.3 is 5.32 Å². The first-order valence-electron chi connectivity index (χ1n) is 5.52. The summed E-state index contributed by atoms with van der Waals surface area (Å²) in [5, 5.41) is 12.0. The van der Waals surface area contributed by atoms with Gasteiger partial charge in [0.15, 0.2) is 0 Å². The van der Waals surface area contributed by atoms with Crippen LogP contribution in [0.1, 0.15) is 30.9 Å². The van der Waals surface area contributed by atoms with Crippen molar-refractivity contribution in [2.75, 3.05) is 6.54 Å². The molecule has 0 bridgehead atoms. The Morgan fingerprint density at radius 1 is 1.50 bits per heavy atom. The maximum atomic E-state index is 13.0. The van der Waals surface area contributed by atoms with Crippen LogP contribution in [-0.4, -0.2) is 6.54 Å². The minimum atomic E-state index is -0.444. The molecule has 0 atom stereocenters. The normalized spacial score (nSPS) is 16.8. The van der Waals surface area contributed by atoms with Crippen molar-refractivity contribution in [1.29, 1.82) is 5.26 Å². The number of benzene rings is 1. The Morgan fingerprint density at radius 2 is 2.25 bits per heavy atom. The Labute approximate surface area is 95.1 Å². The van der Waals surface area contributed by atoms with Gasteiger partial charge in [-0.3, -0.25) is 0 Å². The molecule has 0 aliphatic heterocycles. The minimum absolute atomic E-state index is 0.122. The predicted molar refractivity (Wildman–Crippen MR) is 60.2 cm³/mol. The number of nitrogens with one attached hydrogen (secondary N) is 1. The van der Waals surface area contributed by atoms with Crippen LogP contribution in [0.25, 0.3) is 0 Å². The van der Waals surface area contributed by atoms with Crippen LogP contribution in [0.2, 0.25) is 0 Å². The third-order valence-electron chi connectivity index (χ3n) is 3.14. The summed E-state index contributed by atoms with van der Waals surface area (Å²) >= 11 is 0. The first kappa shape index (κ1) is 11.1. The summed E-state index contributed by atoms with van der Waals surface area (Å²) in [7, 11) is 0. The van der Waals surface area contributed by atoms with E-state index < -0.39 is 5.82 Å². The molecule has 1 aromatic rings. The Kier molecular flexibility index (Phi) is 2.93. The molecule has 3 heteroatoms. The van der Waals surface area contributed by atoms with Gasteiger partial charge in [0.05, 0.1) is 5.56 Å². The number of hydrogen-bond acceptors (Lipinski definition) is 2. The fraction of sp³-hybridized carbons (Fsp3) is 0.462. The smallest absolute Gasteiger partial charge is 0.140 e. The van der Waals surface area contributed by atoms with Crippen molar-refractivity contribution in [2.24, 2.45) is 5.41 Å². The molecule has 1 N–H and O–H groups in total. The largest absolute Gasteiger partial charge is 0.312 e. The summed E-state index contributed by atoms with van der Waals surface area (Å²) in [5.41, 5.74) is 1.55. The second-order valence-electron chi connectivity index (χ2n) is 4.84. The molecule has 0 radical (unpaired) electrons. The maximum absolute atomic E-state index is 13.0. The molecule has 1 saturated carbocycles. The van der Waals surface area contributed by atoms with Crippen molar-refractivity contribution in [3.8, 4) is 6.07 Å². The second kappa shape index (κ2) is 4.23. The Hall–Kier alpha value is -1.40. The molecule has 0 spiro atoms. The molecule has 2 nitrogen and oxygen atoms in total. The lowest BCUT2D eigenvalue weighted by molar-refractivity contribution is 0.499. The molecular formula is C13H15FN2. The summed E-state index contributed by atoms with van der Waals surface area (Å²) in [6.07, 6.45) is 2.57. The monoisotopic (exact) mass is 218 g/mol. The Morgan fingerprint density at radius 3 is 2.88 bits per heavy atom. The van der Waals surface area contributed by atoms with Gasteiger partial charge in [0.25, 0.3) is 0 Å². The number of hydrogen-bond donors (Lipinski definition) is 1. The van der Waals surface area contributed by atoms with E-state index in [2.05, 4.69) is 12.2 Å². The number of rotatable bonds is 4. The minimum Gasteiger partial charge on any atom is -0.312 e. The molecule has 0 aromatic heterocycles. The summed E-state index contributed by atoms with van der Waals surface area (Å²) in [6.45, 7) is 3.95. The zero-order chi connectivity index (χ0) is 11.6. The summed E-state index contributed by atoms with van der Waals surface area (Å²) in [5.74, 6) is -0.444. The van der Waals surface area contributed by atoms with Crippen LogP contribution in [0, 0.1) is 22.6 Å². The number of nitriles is 1. The van der Waals surface area contributed by atoms with E-state index in [9.17, 15) is 4.39 Å². The number of nitrogens with zero attached hydrogens (tertiary/aromatic N) is 1. The van der Waals surface area contributed by atoms with E-state index in [4.69, 9.17) is 5.26 Å². The summed E-state index contributed by atoms with van der Waals surface area (Å²) in [4.78, 5) is 0. The van der Waals surface area contributed by atoms with Gasteiger partial charge in [0.1, 0.15) is 11.9 Å². The molecule has 0 unspecified atom stereocenters.